The fraction of sp³-hybridized carbons (Fsp3) is 0.722. The van der Waals surface area contributed by atoms with Crippen molar-refractivity contribution >= 4 is 17.7 Å². The van der Waals surface area contributed by atoms with Gasteiger partial charge in [0.1, 0.15) is 11.2 Å². The Hall–Kier alpha value is -1.65. The standard InChI is InChI=1S/C18H26O5/c1-16(2,3)22-14(20)18(15(21)23-17(4,5)6)9-11-7-13(19)8-12(11)10-18/h7,12H,8-10H2,1-6H3/t12-/m0/s1. The van der Waals surface area contributed by atoms with Crippen LogP contribution >= 0.6 is 0 Å². The van der Waals surface area contributed by atoms with Gasteiger partial charge in [0.15, 0.2) is 11.2 Å². The van der Waals surface area contributed by atoms with E-state index in [1.807, 2.05) is 0 Å². The molecule has 5 nitrogen and oxygen atoms in total. The minimum absolute atomic E-state index is 0.0532. The number of esters is 2. The molecule has 0 aromatic rings. The van der Waals surface area contributed by atoms with E-state index >= 15 is 0 Å². The Bertz CT molecular complexity index is 543. The molecule has 0 aromatic carbocycles. The van der Waals surface area contributed by atoms with Crippen LogP contribution in [0.2, 0.25) is 0 Å². The maximum atomic E-state index is 12.8. The summed E-state index contributed by atoms with van der Waals surface area (Å²) >= 11 is 0. The van der Waals surface area contributed by atoms with Crippen LogP contribution < -0.4 is 0 Å². The van der Waals surface area contributed by atoms with Gasteiger partial charge in [0.05, 0.1) is 0 Å². The van der Waals surface area contributed by atoms with Gasteiger partial charge in [0.2, 0.25) is 0 Å². The topological polar surface area (TPSA) is 69.7 Å². The second-order valence-corrected chi connectivity index (χ2v) is 8.55. The van der Waals surface area contributed by atoms with Gasteiger partial charge in [-0.05, 0) is 66.4 Å². The first-order chi connectivity index (χ1) is 10.3. The van der Waals surface area contributed by atoms with Crippen LogP contribution in [-0.2, 0) is 23.9 Å². The quantitative estimate of drug-likeness (QED) is 0.577. The van der Waals surface area contributed by atoms with Crippen molar-refractivity contribution in [1.82, 2.24) is 0 Å². The summed E-state index contributed by atoms with van der Waals surface area (Å²) in [4.78, 5) is 37.1. The fourth-order valence-electron chi connectivity index (χ4n) is 3.14. The van der Waals surface area contributed by atoms with Crippen LogP contribution in [-0.4, -0.2) is 28.9 Å². The van der Waals surface area contributed by atoms with Crippen LogP contribution in [0.15, 0.2) is 11.6 Å². The molecule has 0 saturated heterocycles. The van der Waals surface area contributed by atoms with Gasteiger partial charge in [-0.3, -0.25) is 14.4 Å². The van der Waals surface area contributed by atoms with Crippen LogP contribution in [0.1, 0.15) is 60.8 Å². The summed E-state index contributed by atoms with van der Waals surface area (Å²) < 4.78 is 11.0. The number of carbonyl (C=O) groups excluding carboxylic acids is 3. The van der Waals surface area contributed by atoms with Crippen molar-refractivity contribution in [2.24, 2.45) is 11.3 Å². The highest BCUT2D eigenvalue weighted by molar-refractivity contribution is 6.03. The van der Waals surface area contributed by atoms with Crippen LogP contribution in [0.4, 0.5) is 0 Å². The molecule has 23 heavy (non-hydrogen) atoms. The van der Waals surface area contributed by atoms with E-state index < -0.39 is 28.6 Å². The van der Waals surface area contributed by atoms with Crippen molar-refractivity contribution in [2.45, 2.75) is 72.0 Å². The van der Waals surface area contributed by atoms with Crippen molar-refractivity contribution in [3.05, 3.63) is 11.6 Å². The van der Waals surface area contributed by atoms with E-state index in [4.69, 9.17) is 9.47 Å². The molecule has 0 bridgehead atoms. The molecule has 0 aromatic heterocycles. The average molecular weight is 322 g/mol. The summed E-state index contributed by atoms with van der Waals surface area (Å²) in [6.45, 7) is 10.6. The summed E-state index contributed by atoms with van der Waals surface area (Å²) in [5.41, 5.74) is -1.84. The Morgan fingerprint density at radius 3 is 1.91 bits per heavy atom. The van der Waals surface area contributed by atoms with E-state index in [1.54, 1.807) is 47.6 Å². The Balaban J connectivity index is 2.33. The third-order valence-electron chi connectivity index (χ3n) is 4.00. The zero-order chi connectivity index (χ0) is 17.6. The number of hydrogen-bond acceptors (Lipinski definition) is 5. The molecule has 0 N–H and O–H groups in total. The largest absolute Gasteiger partial charge is 0.459 e. The van der Waals surface area contributed by atoms with Gasteiger partial charge in [-0.25, -0.2) is 0 Å². The smallest absolute Gasteiger partial charge is 0.324 e. The second-order valence-electron chi connectivity index (χ2n) is 8.55. The highest BCUT2D eigenvalue weighted by Crippen LogP contribution is 2.51. The molecule has 0 aliphatic heterocycles. The molecule has 0 unspecified atom stereocenters. The summed E-state index contributed by atoms with van der Waals surface area (Å²) in [5.74, 6) is -1.10. The van der Waals surface area contributed by atoms with Gasteiger partial charge in [-0.1, -0.05) is 5.57 Å². The molecule has 0 heterocycles. The highest BCUT2D eigenvalue weighted by Gasteiger charge is 2.58. The normalized spacial score (nSPS) is 23.3. The van der Waals surface area contributed by atoms with E-state index in [-0.39, 0.29) is 24.5 Å². The zero-order valence-electron chi connectivity index (χ0n) is 14.8. The molecule has 0 spiro atoms. The van der Waals surface area contributed by atoms with Crippen LogP contribution in [0.5, 0.6) is 0 Å². The average Bonchev–Trinajstić information content (AvgIpc) is 2.78. The second kappa shape index (κ2) is 5.46. The minimum Gasteiger partial charge on any atom is -0.459 e. The minimum atomic E-state index is -1.34. The van der Waals surface area contributed by atoms with E-state index in [2.05, 4.69) is 0 Å². The molecule has 2 aliphatic carbocycles. The van der Waals surface area contributed by atoms with Gasteiger partial charge in [0, 0.05) is 6.42 Å². The van der Waals surface area contributed by atoms with Gasteiger partial charge in [-0.2, -0.15) is 0 Å². The molecule has 0 radical (unpaired) electrons. The van der Waals surface area contributed by atoms with Crippen molar-refractivity contribution in [2.75, 3.05) is 0 Å². The van der Waals surface area contributed by atoms with E-state index in [9.17, 15) is 14.4 Å². The number of fused-ring (bicyclic) bond motifs is 1. The van der Waals surface area contributed by atoms with Crippen LogP contribution in [0, 0.1) is 11.3 Å². The maximum Gasteiger partial charge on any atom is 0.324 e. The zero-order valence-corrected chi connectivity index (χ0v) is 14.8. The van der Waals surface area contributed by atoms with Crippen molar-refractivity contribution in [3.8, 4) is 0 Å². The van der Waals surface area contributed by atoms with Gasteiger partial charge in [0.25, 0.3) is 0 Å². The van der Waals surface area contributed by atoms with Crippen LogP contribution in [0.3, 0.4) is 0 Å². The predicted molar refractivity (Wildman–Crippen MR) is 84.6 cm³/mol. The van der Waals surface area contributed by atoms with E-state index in [1.165, 1.54) is 0 Å². The number of ketones is 1. The lowest BCUT2D eigenvalue weighted by Gasteiger charge is -2.32. The monoisotopic (exact) mass is 322 g/mol. The summed E-state index contributed by atoms with van der Waals surface area (Å²) in [7, 11) is 0. The molecule has 2 rings (SSSR count). The predicted octanol–water partition coefficient (Wildman–Crippen LogP) is 2.97. The lowest BCUT2D eigenvalue weighted by atomic mass is 9.83. The van der Waals surface area contributed by atoms with E-state index in [0.717, 1.165) is 5.57 Å². The summed E-state index contributed by atoms with van der Waals surface area (Å²) in [5, 5.41) is 0. The number of ether oxygens (including phenoxy) is 2. The Morgan fingerprint density at radius 1 is 1.04 bits per heavy atom. The highest BCUT2D eigenvalue weighted by atomic mass is 16.6. The molecule has 1 saturated carbocycles. The molecular formula is C18H26O5. The molecule has 1 fully saturated rings. The lowest BCUT2D eigenvalue weighted by molar-refractivity contribution is -0.185. The first-order valence-corrected chi connectivity index (χ1v) is 8.03. The number of rotatable bonds is 2. The van der Waals surface area contributed by atoms with Crippen LogP contribution in [0.25, 0.3) is 0 Å². The van der Waals surface area contributed by atoms with Gasteiger partial charge < -0.3 is 9.47 Å². The van der Waals surface area contributed by atoms with Crippen molar-refractivity contribution in [1.29, 1.82) is 0 Å². The van der Waals surface area contributed by atoms with Gasteiger partial charge in [-0.15, -0.1) is 0 Å². The molecule has 0 amide bonds. The number of allylic oxidation sites excluding steroid dienone is 2. The summed E-state index contributed by atoms with van der Waals surface area (Å²) in [6.07, 6.45) is 2.44. The Labute approximate surface area is 137 Å². The molecule has 2 aliphatic rings. The number of hydrogen-bond donors (Lipinski definition) is 0. The van der Waals surface area contributed by atoms with E-state index in [0.29, 0.717) is 6.42 Å². The van der Waals surface area contributed by atoms with Crippen molar-refractivity contribution < 1.29 is 23.9 Å². The third kappa shape index (κ3) is 3.82. The molecule has 128 valence electrons. The fourth-order valence-corrected chi connectivity index (χ4v) is 3.14. The SMILES string of the molecule is CC(C)(C)OC(=O)C1(C(=O)OC(C)(C)C)CC2=CC(=O)C[C@H]2C1. The lowest BCUT2D eigenvalue weighted by Crippen LogP contribution is -2.45. The Morgan fingerprint density at radius 2 is 1.52 bits per heavy atom. The maximum absolute atomic E-state index is 12.8. The molecule has 1 atom stereocenters. The number of carbonyl (C=O) groups is 3. The first-order valence-electron chi connectivity index (χ1n) is 8.03. The molecular weight excluding hydrogens is 296 g/mol. The summed E-state index contributed by atoms with van der Waals surface area (Å²) in [6, 6.07) is 0. The third-order valence-corrected chi connectivity index (χ3v) is 4.00. The molecule has 5 heteroatoms. The Kier molecular flexibility index (Phi) is 4.20. The van der Waals surface area contributed by atoms with Gasteiger partial charge >= 0.3 is 11.9 Å². The first kappa shape index (κ1) is 17.7. The van der Waals surface area contributed by atoms with Crippen molar-refractivity contribution in [3.63, 3.8) is 0 Å².